The van der Waals surface area contributed by atoms with Gasteiger partial charge in [-0.3, -0.25) is 4.55 Å². The van der Waals surface area contributed by atoms with Crippen LogP contribution in [0.4, 0.5) is 57.1 Å². The van der Waals surface area contributed by atoms with Gasteiger partial charge in [0.1, 0.15) is 0 Å². The summed E-state index contributed by atoms with van der Waals surface area (Å²) in [7, 11) is -5.46. The van der Waals surface area contributed by atoms with Crippen molar-refractivity contribution in [2.75, 3.05) is 78.0 Å². The first kappa shape index (κ1) is 50.8. The molecule has 3 nitrogen and oxygen atoms in total. The van der Waals surface area contributed by atoms with Crippen molar-refractivity contribution in [3.63, 3.8) is 0 Å². The van der Waals surface area contributed by atoms with Crippen LogP contribution in [-0.4, -0.2) is 103 Å². The molecule has 2 aromatic carbocycles. The third kappa shape index (κ3) is 16.9. The van der Waals surface area contributed by atoms with Crippen LogP contribution in [0, 0.1) is 62.3 Å². The van der Waals surface area contributed by atoms with Crippen molar-refractivity contribution in [1.82, 2.24) is 0 Å². The summed E-state index contributed by atoms with van der Waals surface area (Å²) >= 11 is -0.111. The summed E-state index contributed by atoms with van der Waals surface area (Å²) in [6.45, 7) is 15.6. The molecule has 0 unspecified atom stereocenters. The predicted molar refractivity (Wildman–Crippen MR) is 182 cm³/mol. The van der Waals surface area contributed by atoms with Crippen LogP contribution < -0.4 is 10.9 Å². The number of hydrogen-bond acceptors (Lipinski definition) is 2. The summed E-state index contributed by atoms with van der Waals surface area (Å²) in [6.07, 6.45) is 6.13. The molecule has 0 heterocycles. The Morgan fingerprint density at radius 1 is 0.531 bits per heavy atom. The molecule has 0 aliphatic heterocycles. The molecule has 0 bridgehead atoms. The quantitative estimate of drug-likeness (QED) is 0.0630. The Kier molecular flexibility index (Phi) is 23.5. The zero-order chi connectivity index (χ0) is 39.4. The molecule has 0 aromatic heterocycles. The van der Waals surface area contributed by atoms with Gasteiger partial charge in [0.25, 0.3) is 0 Å². The van der Waals surface area contributed by atoms with Crippen LogP contribution in [0.15, 0.2) is 0 Å². The first-order chi connectivity index (χ1) is 22.1. The molecule has 0 atom stereocenters. The second kappa shape index (κ2) is 22.7. The molecule has 0 spiro atoms. The van der Waals surface area contributed by atoms with Gasteiger partial charge >= 0.3 is 159 Å². The van der Waals surface area contributed by atoms with Gasteiger partial charge in [0.15, 0.2) is 0 Å². The average Bonchev–Trinajstić information content (AvgIpc) is 2.98. The van der Waals surface area contributed by atoms with Gasteiger partial charge in [-0.2, -0.15) is 21.6 Å². The molecule has 284 valence electrons. The molecule has 49 heavy (non-hydrogen) atoms. The van der Waals surface area contributed by atoms with Crippen LogP contribution in [-0.2, 0) is 29.3 Å². The zero-order valence-corrected chi connectivity index (χ0v) is 35.6. The molecule has 1 N–H and O–H groups in total. The predicted octanol–water partition coefficient (Wildman–Crippen LogP) is 6.46. The van der Waals surface area contributed by atoms with Crippen LogP contribution in [0.5, 0.6) is 0 Å². The van der Waals surface area contributed by atoms with E-state index in [0.717, 1.165) is 0 Å². The summed E-state index contributed by atoms with van der Waals surface area (Å²) in [6, 6.07) is 0. The monoisotopic (exact) mass is 997 g/mol. The summed E-state index contributed by atoms with van der Waals surface area (Å²) < 4.78 is 194. The number of rotatable bonds is 8. The normalized spacial score (nSPS) is 11.7. The number of benzene rings is 2. The second-order valence-corrected chi connectivity index (χ2v) is 25.7. The fourth-order valence-corrected chi connectivity index (χ4v) is 12.4. The van der Waals surface area contributed by atoms with Gasteiger partial charge < -0.3 is 0 Å². The van der Waals surface area contributed by atoms with Gasteiger partial charge in [-0.05, 0) is 31.7 Å². The summed E-state index contributed by atoms with van der Waals surface area (Å²) in [4.78, 5) is 0. The van der Waals surface area contributed by atoms with Crippen molar-refractivity contribution in [3.05, 3.63) is 58.2 Å². The number of halogens is 13. The molecule has 0 saturated heterocycles. The van der Waals surface area contributed by atoms with Crippen LogP contribution in [0.25, 0.3) is 0 Å². The molecule has 0 radical (unpaired) electrons. The summed E-state index contributed by atoms with van der Waals surface area (Å²) in [5, 5.41) is 0. The van der Waals surface area contributed by atoms with Crippen molar-refractivity contribution in [3.8, 4) is 4.10 Å². The zero-order valence-electron chi connectivity index (χ0n) is 27.6. The number of hydrogen-bond donors (Lipinski definition) is 1. The first-order valence-electron chi connectivity index (χ1n) is 13.9. The van der Waals surface area contributed by atoms with Gasteiger partial charge in [0, 0.05) is 53.3 Å². The third-order valence-corrected chi connectivity index (χ3v) is 13.7. The molecule has 0 amide bonds. The smallest absolute Gasteiger partial charge is 0.279 e. The van der Waals surface area contributed by atoms with Gasteiger partial charge in [-0.25, -0.2) is 0 Å². The Morgan fingerprint density at radius 2 is 0.694 bits per heavy atom. The number of alkyl halides is 3. The van der Waals surface area contributed by atoms with E-state index < -0.39 is 91.4 Å². The molecular weight excluding hydrogens is 958 g/mol. The molecule has 0 aliphatic carbocycles. The van der Waals surface area contributed by atoms with Gasteiger partial charge in [-0.15, -0.1) is 0 Å². The van der Waals surface area contributed by atoms with Crippen LogP contribution >= 0.6 is 31.7 Å². The Balaban J connectivity index is 0. The van der Waals surface area contributed by atoms with Crippen molar-refractivity contribution < 1.29 is 89.2 Å². The van der Waals surface area contributed by atoms with E-state index >= 15 is 0 Å². The second-order valence-electron chi connectivity index (χ2n) is 11.5. The Hall–Kier alpha value is -0.307. The fraction of sp³-hybridized carbons (Fsp3) is 0.500. The molecule has 0 aliphatic rings. The van der Waals surface area contributed by atoms with Crippen LogP contribution in [0.3, 0.4) is 0 Å². The van der Waals surface area contributed by atoms with E-state index in [1.807, 2.05) is 4.10 Å². The van der Waals surface area contributed by atoms with E-state index in [1.54, 1.807) is 0 Å². The molecular formula is C26H39BF13O3P4SW+3. The van der Waals surface area contributed by atoms with Crippen LogP contribution in [0.2, 0.25) is 0 Å². The maximum absolute atomic E-state index is 13.8. The Labute approximate surface area is 293 Å². The Morgan fingerprint density at radius 3 is 0.816 bits per heavy atom. The minimum atomic E-state index is -5.84. The maximum atomic E-state index is 13.8. The largest absolute Gasteiger partial charge is 0.522 e. The summed E-state index contributed by atoms with van der Waals surface area (Å²) in [5.74, 6) is -24.4. The van der Waals surface area contributed by atoms with E-state index in [2.05, 4.69) is 53.3 Å². The SMILES string of the molecule is C[PH+](C)CC[PH+](C)C.C[PH+](C)CC[PH+](C)C.Fc1c(F)c(F)c([BH-]([C]#[WH])c2c(F)c(F)c(F)c(F)c2F)c(F)c1F.O=S(=O)(O)C(F)(F)F. The molecule has 0 fully saturated rings. The third-order valence-electron chi connectivity index (χ3n) is 6.01. The molecule has 23 heteroatoms. The average molecular weight is 997 g/mol. The molecule has 2 rings (SSSR count). The van der Waals surface area contributed by atoms with Crippen molar-refractivity contribution in [2.45, 2.75) is 5.51 Å². The minimum absolute atomic E-state index is 0.0957. The Bertz CT molecular complexity index is 1380. The van der Waals surface area contributed by atoms with Crippen molar-refractivity contribution in [1.29, 1.82) is 0 Å². The topological polar surface area (TPSA) is 54.4 Å². The van der Waals surface area contributed by atoms with E-state index in [4.69, 9.17) is 13.0 Å². The summed E-state index contributed by atoms with van der Waals surface area (Å²) in [5.41, 5.74) is -8.92. The standard InChI is InChI=1S/C13HBF10.2C6H16P2.CHF3O3S.W.H/c1-14(2-4(15)8(19)12(23)9(20)5(2)16)3-6(17)10(21)13(24)11(22)7(3)18;2*1-7(2)5-6-8(3)4;2-1(3,4)8(5,6)7;;/h14H;2*5-6H2,1-4H3;(H,5,6,7);;/q-1;;;;;/p+4. The maximum Gasteiger partial charge on any atom is 0.522 e. The molecule has 2 aromatic rings. The fourth-order valence-electron chi connectivity index (χ4n) is 3.26. The first-order valence-corrected chi connectivity index (χ1v) is 27.8. The van der Waals surface area contributed by atoms with E-state index in [9.17, 15) is 57.1 Å². The van der Waals surface area contributed by atoms with Crippen LogP contribution in [0.1, 0.15) is 0 Å². The van der Waals surface area contributed by atoms with Crippen molar-refractivity contribution >= 4 is 59.4 Å². The van der Waals surface area contributed by atoms with E-state index in [0.29, 0.717) is 0 Å². The molecule has 0 saturated carbocycles. The van der Waals surface area contributed by atoms with E-state index in [1.165, 1.54) is 24.6 Å². The van der Waals surface area contributed by atoms with Gasteiger partial charge in [0.2, 0.25) is 0 Å². The van der Waals surface area contributed by atoms with Crippen molar-refractivity contribution in [2.24, 2.45) is 0 Å². The van der Waals surface area contributed by atoms with Gasteiger partial charge in [-0.1, -0.05) is 0 Å². The van der Waals surface area contributed by atoms with Gasteiger partial charge in [0.05, 0.1) is 24.6 Å². The minimum Gasteiger partial charge on any atom is -0.279 e. The van der Waals surface area contributed by atoms with E-state index in [-0.39, 0.29) is 50.8 Å².